The van der Waals surface area contributed by atoms with Gasteiger partial charge in [-0.3, -0.25) is 4.79 Å². The Morgan fingerprint density at radius 2 is 1.95 bits per heavy atom. The summed E-state index contributed by atoms with van der Waals surface area (Å²) in [4.78, 5) is 12.3. The van der Waals surface area contributed by atoms with Crippen LogP contribution in [0, 0.1) is 12.8 Å². The van der Waals surface area contributed by atoms with Crippen molar-refractivity contribution in [3.05, 3.63) is 64.1 Å². The highest BCUT2D eigenvalue weighted by molar-refractivity contribution is 9.10. The molecule has 0 radical (unpaired) electrons. The van der Waals surface area contributed by atoms with Crippen molar-refractivity contribution < 1.29 is 4.79 Å². The van der Waals surface area contributed by atoms with Crippen LogP contribution in [-0.2, 0) is 4.79 Å². The molecule has 0 bridgehead atoms. The summed E-state index contributed by atoms with van der Waals surface area (Å²) >= 11 is 3.49. The van der Waals surface area contributed by atoms with Crippen LogP contribution >= 0.6 is 15.9 Å². The predicted molar refractivity (Wildman–Crippen MR) is 84.8 cm³/mol. The van der Waals surface area contributed by atoms with Crippen molar-refractivity contribution in [2.75, 3.05) is 5.32 Å². The Morgan fingerprint density at radius 3 is 2.65 bits per heavy atom. The Bertz CT molecular complexity index is 639. The molecule has 0 spiro atoms. The van der Waals surface area contributed by atoms with E-state index in [1.807, 2.05) is 43.3 Å². The highest BCUT2D eigenvalue weighted by Gasteiger charge is 2.43. The van der Waals surface area contributed by atoms with E-state index in [1.165, 1.54) is 11.1 Å². The molecule has 0 saturated heterocycles. The highest BCUT2D eigenvalue weighted by Crippen LogP contribution is 2.48. The number of benzene rings is 2. The number of hydrogen-bond acceptors (Lipinski definition) is 1. The number of hydrogen-bond donors (Lipinski definition) is 1. The maximum Gasteiger partial charge on any atom is 0.228 e. The summed E-state index contributed by atoms with van der Waals surface area (Å²) in [5.41, 5.74) is 3.28. The van der Waals surface area contributed by atoms with E-state index in [2.05, 4.69) is 33.4 Å². The van der Waals surface area contributed by atoms with Crippen molar-refractivity contribution in [3.8, 4) is 0 Å². The van der Waals surface area contributed by atoms with Crippen LogP contribution in [0.1, 0.15) is 23.5 Å². The average Bonchev–Trinajstić information content (AvgIpc) is 3.23. The maximum atomic E-state index is 12.3. The highest BCUT2D eigenvalue weighted by atomic mass is 79.9. The van der Waals surface area contributed by atoms with Crippen molar-refractivity contribution in [1.29, 1.82) is 0 Å². The van der Waals surface area contributed by atoms with Gasteiger partial charge in [0, 0.05) is 10.4 Å². The minimum absolute atomic E-state index is 0.102. The van der Waals surface area contributed by atoms with Gasteiger partial charge in [-0.15, -0.1) is 0 Å². The molecule has 102 valence electrons. The molecule has 2 atom stereocenters. The Balaban J connectivity index is 1.67. The molecule has 0 heterocycles. The van der Waals surface area contributed by atoms with Gasteiger partial charge in [0.25, 0.3) is 0 Å². The van der Waals surface area contributed by atoms with Crippen molar-refractivity contribution >= 4 is 27.5 Å². The fourth-order valence-corrected chi connectivity index (χ4v) is 3.09. The molecular weight excluding hydrogens is 314 g/mol. The number of anilines is 1. The minimum Gasteiger partial charge on any atom is -0.325 e. The molecule has 2 nitrogen and oxygen atoms in total. The van der Waals surface area contributed by atoms with E-state index < -0.39 is 0 Å². The lowest BCUT2D eigenvalue weighted by Gasteiger charge is -2.08. The third-order valence-corrected chi connectivity index (χ3v) is 4.39. The fraction of sp³-hybridized carbons (Fsp3) is 0.235. The number of amides is 1. The van der Waals surface area contributed by atoms with Gasteiger partial charge in [-0.25, -0.2) is 0 Å². The number of aryl methyl sites for hydroxylation is 1. The van der Waals surface area contributed by atoms with Crippen LogP contribution in [-0.4, -0.2) is 5.91 Å². The second kappa shape index (κ2) is 5.41. The summed E-state index contributed by atoms with van der Waals surface area (Å²) < 4.78 is 0.933. The monoisotopic (exact) mass is 329 g/mol. The Kier molecular flexibility index (Phi) is 3.62. The van der Waals surface area contributed by atoms with Gasteiger partial charge in [0.2, 0.25) is 5.91 Å². The van der Waals surface area contributed by atoms with Gasteiger partial charge in [-0.1, -0.05) is 36.4 Å². The Hall–Kier alpha value is -1.61. The molecule has 3 heteroatoms. The number of halogens is 1. The molecule has 0 aromatic heterocycles. The van der Waals surface area contributed by atoms with Crippen LogP contribution in [0.15, 0.2) is 53.0 Å². The SMILES string of the molecule is Cc1ccc(NC(=O)[C@H]2C[C@H]2c2ccccc2)c(Br)c1. The summed E-state index contributed by atoms with van der Waals surface area (Å²) in [7, 11) is 0. The van der Waals surface area contributed by atoms with E-state index in [4.69, 9.17) is 0 Å². The third kappa shape index (κ3) is 2.78. The zero-order valence-electron chi connectivity index (χ0n) is 11.3. The van der Waals surface area contributed by atoms with E-state index >= 15 is 0 Å². The van der Waals surface area contributed by atoms with Gasteiger partial charge < -0.3 is 5.32 Å². The summed E-state index contributed by atoms with van der Waals surface area (Å²) in [6, 6.07) is 16.2. The van der Waals surface area contributed by atoms with Gasteiger partial charge in [0.15, 0.2) is 0 Å². The number of nitrogens with one attached hydrogen (secondary N) is 1. The zero-order valence-corrected chi connectivity index (χ0v) is 12.9. The van der Waals surface area contributed by atoms with Crippen LogP contribution in [0.25, 0.3) is 0 Å². The first-order chi connectivity index (χ1) is 9.65. The van der Waals surface area contributed by atoms with Crippen molar-refractivity contribution in [3.63, 3.8) is 0 Å². The van der Waals surface area contributed by atoms with Crippen molar-refractivity contribution in [2.24, 2.45) is 5.92 Å². The Labute approximate surface area is 127 Å². The van der Waals surface area contributed by atoms with Gasteiger partial charge in [0.1, 0.15) is 0 Å². The first-order valence-corrected chi connectivity index (χ1v) is 7.56. The first-order valence-electron chi connectivity index (χ1n) is 6.77. The first kappa shape index (κ1) is 13.4. The molecule has 2 aromatic carbocycles. The molecule has 2 aromatic rings. The quantitative estimate of drug-likeness (QED) is 0.882. The van der Waals surface area contributed by atoms with E-state index in [0.717, 1.165) is 16.6 Å². The van der Waals surface area contributed by atoms with E-state index in [-0.39, 0.29) is 11.8 Å². The largest absolute Gasteiger partial charge is 0.325 e. The topological polar surface area (TPSA) is 29.1 Å². The minimum atomic E-state index is 0.102. The van der Waals surface area contributed by atoms with Crippen molar-refractivity contribution in [1.82, 2.24) is 0 Å². The maximum absolute atomic E-state index is 12.3. The molecule has 1 fully saturated rings. The molecule has 1 amide bonds. The van der Waals surface area contributed by atoms with Gasteiger partial charge in [-0.05, 0) is 58.5 Å². The van der Waals surface area contributed by atoms with Crippen LogP contribution in [0.5, 0.6) is 0 Å². The van der Waals surface area contributed by atoms with Gasteiger partial charge in [0.05, 0.1) is 5.69 Å². The second-order valence-corrected chi connectivity index (χ2v) is 6.19. The lowest BCUT2D eigenvalue weighted by molar-refractivity contribution is -0.117. The molecule has 1 aliphatic carbocycles. The number of rotatable bonds is 3. The van der Waals surface area contributed by atoms with Crippen LogP contribution in [0.3, 0.4) is 0 Å². The molecule has 1 aliphatic rings. The predicted octanol–water partition coefficient (Wildman–Crippen LogP) is 4.50. The summed E-state index contributed by atoms with van der Waals surface area (Å²) in [6.07, 6.45) is 0.944. The lowest BCUT2D eigenvalue weighted by atomic mass is 10.1. The van der Waals surface area contributed by atoms with E-state index in [1.54, 1.807) is 0 Å². The Morgan fingerprint density at radius 1 is 1.20 bits per heavy atom. The lowest BCUT2D eigenvalue weighted by Crippen LogP contribution is -2.14. The molecule has 20 heavy (non-hydrogen) atoms. The molecule has 1 saturated carbocycles. The average molecular weight is 330 g/mol. The zero-order chi connectivity index (χ0) is 14.1. The summed E-state index contributed by atoms with van der Waals surface area (Å²) in [5, 5.41) is 3.01. The van der Waals surface area contributed by atoms with Crippen LogP contribution in [0.2, 0.25) is 0 Å². The normalized spacial score (nSPS) is 20.5. The van der Waals surface area contributed by atoms with Gasteiger partial charge >= 0.3 is 0 Å². The van der Waals surface area contributed by atoms with Crippen LogP contribution < -0.4 is 5.32 Å². The molecule has 3 rings (SSSR count). The smallest absolute Gasteiger partial charge is 0.228 e. The molecule has 1 N–H and O–H groups in total. The van der Waals surface area contributed by atoms with Crippen LogP contribution in [0.4, 0.5) is 5.69 Å². The standard InChI is InChI=1S/C17H16BrNO/c1-11-7-8-16(15(18)9-11)19-17(20)14-10-13(14)12-5-3-2-4-6-12/h2-9,13-14H,10H2,1H3,(H,19,20)/t13-,14-/m0/s1. The molecule has 0 unspecified atom stereocenters. The number of carbonyl (C=O) groups is 1. The van der Waals surface area contributed by atoms with E-state index in [0.29, 0.717) is 5.92 Å². The third-order valence-electron chi connectivity index (χ3n) is 3.74. The molecule has 0 aliphatic heterocycles. The summed E-state index contributed by atoms with van der Waals surface area (Å²) in [5.74, 6) is 0.592. The number of carbonyl (C=O) groups excluding carboxylic acids is 1. The fourth-order valence-electron chi connectivity index (χ4n) is 2.50. The molecular formula is C17H16BrNO. The van der Waals surface area contributed by atoms with Crippen molar-refractivity contribution in [2.45, 2.75) is 19.3 Å². The summed E-state index contributed by atoms with van der Waals surface area (Å²) in [6.45, 7) is 2.03. The van der Waals surface area contributed by atoms with Gasteiger partial charge in [-0.2, -0.15) is 0 Å². The second-order valence-electron chi connectivity index (χ2n) is 5.33. The van der Waals surface area contributed by atoms with E-state index in [9.17, 15) is 4.79 Å².